The van der Waals surface area contributed by atoms with Crippen LogP contribution in [0, 0.1) is 0 Å². The summed E-state index contributed by atoms with van der Waals surface area (Å²) in [5, 5.41) is 3.37. The van der Waals surface area contributed by atoms with Gasteiger partial charge in [-0.15, -0.1) is 0 Å². The number of morpholine rings is 1. The summed E-state index contributed by atoms with van der Waals surface area (Å²) in [7, 11) is 1.59. The number of hydrogen-bond acceptors (Lipinski definition) is 8. The summed E-state index contributed by atoms with van der Waals surface area (Å²) in [4.78, 5) is 10.5. The minimum Gasteiger partial charge on any atom is -0.494 e. The maximum absolute atomic E-state index is 5.84. The van der Waals surface area contributed by atoms with Crippen LogP contribution in [-0.2, 0) is 4.74 Å². The lowest BCUT2D eigenvalue weighted by Crippen LogP contribution is -2.38. The molecule has 0 aliphatic carbocycles. The Morgan fingerprint density at radius 1 is 1.35 bits per heavy atom. The van der Waals surface area contributed by atoms with Gasteiger partial charge in [0.05, 0.1) is 32.2 Å². The number of hydrogen-bond donors (Lipinski definition) is 2. The molecule has 3 rings (SSSR count). The number of rotatable bonds is 7. The fourth-order valence-corrected chi connectivity index (χ4v) is 2.63. The van der Waals surface area contributed by atoms with Crippen molar-refractivity contribution in [1.29, 1.82) is 0 Å². The van der Waals surface area contributed by atoms with Crippen molar-refractivity contribution in [2.45, 2.75) is 0 Å². The van der Waals surface area contributed by atoms with Crippen molar-refractivity contribution in [3.05, 3.63) is 29.4 Å². The van der Waals surface area contributed by atoms with Gasteiger partial charge in [-0.2, -0.15) is 4.98 Å². The molecule has 1 aliphatic rings. The van der Waals surface area contributed by atoms with Crippen LogP contribution >= 0.6 is 11.6 Å². The molecule has 0 radical (unpaired) electrons. The number of nitrogens with zero attached hydrogens (tertiary/aromatic N) is 3. The van der Waals surface area contributed by atoms with Crippen LogP contribution in [0.4, 0.5) is 17.5 Å². The second kappa shape index (κ2) is 8.88. The minimum absolute atomic E-state index is 0.214. The smallest absolute Gasteiger partial charge is 0.229 e. The SMILES string of the molecule is COc1cc(OCCN2CCOCC2)ccc1Nc1ncc(Cl)c(N)n1. The monoisotopic (exact) mass is 379 g/mol. The standard InChI is InChI=1S/C17H22ClN5O3/c1-24-15-10-12(26-9-6-23-4-7-25-8-5-23)2-3-14(15)21-17-20-11-13(18)16(19)22-17/h2-3,10-11H,4-9H2,1H3,(H3,19,20,21,22). The number of methoxy groups -OCH3 is 1. The highest BCUT2D eigenvalue weighted by molar-refractivity contribution is 6.32. The topological polar surface area (TPSA) is 94.8 Å². The van der Waals surface area contributed by atoms with Gasteiger partial charge in [0, 0.05) is 25.7 Å². The van der Waals surface area contributed by atoms with Crippen LogP contribution in [-0.4, -0.2) is 61.4 Å². The van der Waals surface area contributed by atoms with Crippen LogP contribution in [0.5, 0.6) is 11.5 Å². The van der Waals surface area contributed by atoms with E-state index in [1.165, 1.54) is 6.20 Å². The van der Waals surface area contributed by atoms with E-state index in [1.807, 2.05) is 18.2 Å². The number of nitrogen functional groups attached to an aromatic ring is 1. The van der Waals surface area contributed by atoms with Gasteiger partial charge in [0.15, 0.2) is 0 Å². The van der Waals surface area contributed by atoms with Crippen molar-refractivity contribution in [2.75, 3.05) is 57.6 Å². The molecule has 1 aromatic carbocycles. The van der Waals surface area contributed by atoms with E-state index in [4.69, 9.17) is 31.5 Å². The van der Waals surface area contributed by atoms with Gasteiger partial charge in [0.25, 0.3) is 0 Å². The summed E-state index contributed by atoms with van der Waals surface area (Å²) in [6, 6.07) is 5.53. The van der Waals surface area contributed by atoms with E-state index in [0.717, 1.165) is 38.6 Å². The Kier molecular flexibility index (Phi) is 6.32. The molecule has 0 saturated carbocycles. The van der Waals surface area contributed by atoms with Crippen LogP contribution in [0.2, 0.25) is 5.02 Å². The number of nitrogens with one attached hydrogen (secondary N) is 1. The fourth-order valence-electron chi connectivity index (χ4n) is 2.54. The van der Waals surface area contributed by atoms with Crippen molar-refractivity contribution in [1.82, 2.24) is 14.9 Å². The maximum Gasteiger partial charge on any atom is 0.229 e. The van der Waals surface area contributed by atoms with Crippen molar-refractivity contribution in [2.24, 2.45) is 0 Å². The summed E-state index contributed by atoms with van der Waals surface area (Å²) in [5.74, 6) is 1.90. The quantitative estimate of drug-likeness (QED) is 0.755. The highest BCUT2D eigenvalue weighted by atomic mass is 35.5. The number of ether oxygens (including phenoxy) is 3. The number of halogens is 1. The van der Waals surface area contributed by atoms with Crippen LogP contribution in [0.3, 0.4) is 0 Å². The Labute approximate surface area is 157 Å². The van der Waals surface area contributed by atoms with Gasteiger partial charge in [-0.3, -0.25) is 4.90 Å². The second-order valence-corrected chi connectivity index (χ2v) is 6.12. The average Bonchev–Trinajstić information content (AvgIpc) is 2.66. The first-order chi connectivity index (χ1) is 12.7. The predicted octanol–water partition coefficient (Wildman–Crippen LogP) is 2.18. The molecule has 1 saturated heterocycles. The Balaban J connectivity index is 1.60. The molecule has 2 heterocycles. The Morgan fingerprint density at radius 2 is 2.15 bits per heavy atom. The third-order valence-corrected chi connectivity index (χ3v) is 4.26. The molecule has 0 atom stereocenters. The molecule has 1 aliphatic heterocycles. The lowest BCUT2D eigenvalue weighted by Gasteiger charge is -2.26. The number of nitrogens with two attached hydrogens (primary N) is 1. The van der Waals surface area contributed by atoms with Crippen molar-refractivity contribution in [3.8, 4) is 11.5 Å². The van der Waals surface area contributed by atoms with E-state index >= 15 is 0 Å². The van der Waals surface area contributed by atoms with E-state index in [-0.39, 0.29) is 5.82 Å². The third-order valence-electron chi connectivity index (χ3n) is 3.97. The molecule has 9 heteroatoms. The molecule has 0 amide bonds. The maximum atomic E-state index is 5.84. The zero-order valence-electron chi connectivity index (χ0n) is 14.6. The van der Waals surface area contributed by atoms with Gasteiger partial charge in [0.1, 0.15) is 28.9 Å². The molecule has 0 bridgehead atoms. The average molecular weight is 380 g/mol. The zero-order chi connectivity index (χ0) is 18.4. The van der Waals surface area contributed by atoms with Crippen LogP contribution in [0.25, 0.3) is 0 Å². The molecule has 0 unspecified atom stereocenters. The zero-order valence-corrected chi connectivity index (χ0v) is 15.3. The third kappa shape index (κ3) is 4.87. The Morgan fingerprint density at radius 3 is 2.88 bits per heavy atom. The number of benzene rings is 1. The van der Waals surface area contributed by atoms with E-state index in [1.54, 1.807) is 7.11 Å². The summed E-state index contributed by atoms with van der Waals surface area (Å²) in [6.45, 7) is 4.92. The second-order valence-electron chi connectivity index (χ2n) is 5.72. The molecular weight excluding hydrogens is 358 g/mol. The molecule has 3 N–H and O–H groups in total. The molecule has 1 fully saturated rings. The lowest BCUT2D eigenvalue weighted by atomic mass is 10.2. The minimum atomic E-state index is 0.214. The van der Waals surface area contributed by atoms with Gasteiger partial charge in [-0.1, -0.05) is 11.6 Å². The number of anilines is 3. The van der Waals surface area contributed by atoms with Crippen molar-refractivity contribution < 1.29 is 14.2 Å². The van der Waals surface area contributed by atoms with Gasteiger partial charge in [-0.25, -0.2) is 4.98 Å². The lowest BCUT2D eigenvalue weighted by molar-refractivity contribution is 0.0322. The summed E-state index contributed by atoms with van der Waals surface area (Å²) < 4.78 is 16.6. The van der Waals surface area contributed by atoms with E-state index in [0.29, 0.717) is 29.0 Å². The van der Waals surface area contributed by atoms with Gasteiger partial charge in [0.2, 0.25) is 5.95 Å². The highest BCUT2D eigenvalue weighted by Gasteiger charge is 2.11. The highest BCUT2D eigenvalue weighted by Crippen LogP contribution is 2.31. The van der Waals surface area contributed by atoms with Crippen LogP contribution in [0.15, 0.2) is 24.4 Å². The van der Waals surface area contributed by atoms with E-state index in [2.05, 4.69) is 20.2 Å². The molecule has 26 heavy (non-hydrogen) atoms. The molecule has 2 aromatic rings. The van der Waals surface area contributed by atoms with E-state index < -0.39 is 0 Å². The van der Waals surface area contributed by atoms with Crippen molar-refractivity contribution >= 4 is 29.1 Å². The first-order valence-corrected chi connectivity index (χ1v) is 8.69. The van der Waals surface area contributed by atoms with Crippen LogP contribution < -0.4 is 20.5 Å². The first-order valence-electron chi connectivity index (χ1n) is 8.31. The summed E-state index contributed by atoms with van der Waals surface area (Å²) in [6.07, 6.45) is 1.45. The number of aromatic nitrogens is 2. The van der Waals surface area contributed by atoms with Crippen molar-refractivity contribution in [3.63, 3.8) is 0 Å². The summed E-state index contributed by atoms with van der Waals surface area (Å²) >= 11 is 5.84. The van der Waals surface area contributed by atoms with Gasteiger partial charge < -0.3 is 25.3 Å². The molecule has 8 nitrogen and oxygen atoms in total. The summed E-state index contributed by atoms with van der Waals surface area (Å²) in [5.41, 5.74) is 6.40. The molecule has 1 aromatic heterocycles. The first kappa shape index (κ1) is 18.5. The fraction of sp³-hybridized carbons (Fsp3) is 0.412. The van der Waals surface area contributed by atoms with Crippen LogP contribution in [0.1, 0.15) is 0 Å². The van der Waals surface area contributed by atoms with Gasteiger partial charge >= 0.3 is 0 Å². The van der Waals surface area contributed by atoms with Gasteiger partial charge in [-0.05, 0) is 12.1 Å². The molecule has 0 spiro atoms. The normalized spacial score (nSPS) is 14.8. The Hall–Kier alpha value is -2.29. The largest absolute Gasteiger partial charge is 0.494 e. The predicted molar refractivity (Wildman–Crippen MR) is 100 cm³/mol. The van der Waals surface area contributed by atoms with E-state index in [9.17, 15) is 0 Å². The molecular formula is C17H22ClN5O3. The molecule has 140 valence electrons. The Bertz CT molecular complexity index is 740.